The fourth-order valence-electron chi connectivity index (χ4n) is 3.00. The number of nitrogens with zero attached hydrogens (tertiary/aromatic N) is 1. The summed E-state index contributed by atoms with van der Waals surface area (Å²) < 4.78 is 0. The fourth-order valence-corrected chi connectivity index (χ4v) is 3.00. The summed E-state index contributed by atoms with van der Waals surface area (Å²) in [6.45, 7) is 9.03. The Morgan fingerprint density at radius 1 is 1.35 bits per heavy atom. The summed E-state index contributed by atoms with van der Waals surface area (Å²) in [6.07, 6.45) is 8.42. The molecule has 2 N–H and O–H groups in total. The van der Waals surface area contributed by atoms with E-state index in [9.17, 15) is 0 Å². The summed E-state index contributed by atoms with van der Waals surface area (Å²) in [7, 11) is 0. The Hall–Kier alpha value is -0.600. The lowest BCUT2D eigenvalue weighted by atomic mass is 9.84. The van der Waals surface area contributed by atoms with Crippen LogP contribution >= 0.6 is 0 Å². The third-order valence-electron chi connectivity index (χ3n) is 4.04. The van der Waals surface area contributed by atoms with Gasteiger partial charge in [-0.2, -0.15) is 0 Å². The molecule has 1 heterocycles. The quantitative estimate of drug-likeness (QED) is 0.796. The van der Waals surface area contributed by atoms with Crippen LogP contribution in [0.5, 0.6) is 0 Å². The molecule has 96 valence electrons. The van der Waals surface area contributed by atoms with Crippen molar-refractivity contribution in [3.05, 3.63) is 23.3 Å². The molecule has 1 aliphatic carbocycles. The minimum Gasteiger partial charge on any atom is -0.327 e. The first-order valence-corrected chi connectivity index (χ1v) is 6.93. The molecule has 0 bridgehead atoms. The molecule has 0 amide bonds. The lowest BCUT2D eigenvalue weighted by molar-refractivity contribution is 0.139. The molecule has 2 rings (SSSR count). The molecule has 0 saturated carbocycles. The topological polar surface area (TPSA) is 29.3 Å². The minimum atomic E-state index is 0.340. The Bertz CT molecular complexity index is 328. The molecule has 2 heteroatoms. The van der Waals surface area contributed by atoms with E-state index in [4.69, 9.17) is 5.73 Å². The van der Waals surface area contributed by atoms with Crippen LogP contribution in [0.25, 0.3) is 0 Å². The first-order chi connectivity index (χ1) is 8.06. The lowest BCUT2D eigenvalue weighted by Gasteiger charge is -2.39. The lowest BCUT2D eigenvalue weighted by Crippen LogP contribution is -2.49. The molecule has 0 aromatic carbocycles. The standard InChI is InChI=1S/C15H26N2/c1-11(2)17-9-14(8-15(16)10-17)13-6-4-5-12(3)7-13/h6-7,11,14-15H,4-5,8-10,16H2,1-3H3. The van der Waals surface area contributed by atoms with Gasteiger partial charge in [-0.3, -0.25) is 4.90 Å². The van der Waals surface area contributed by atoms with E-state index in [1.807, 2.05) is 0 Å². The van der Waals surface area contributed by atoms with E-state index in [2.05, 4.69) is 37.8 Å². The van der Waals surface area contributed by atoms with Crippen LogP contribution < -0.4 is 5.73 Å². The summed E-state index contributed by atoms with van der Waals surface area (Å²) in [4.78, 5) is 2.53. The molecule has 0 aromatic heterocycles. The third kappa shape index (κ3) is 3.20. The molecule has 1 saturated heterocycles. The summed E-state index contributed by atoms with van der Waals surface area (Å²) in [5.74, 6) is 0.649. The van der Waals surface area contributed by atoms with Gasteiger partial charge in [-0.1, -0.05) is 17.7 Å². The number of nitrogens with two attached hydrogens (primary N) is 1. The summed E-state index contributed by atoms with van der Waals surface area (Å²) in [5.41, 5.74) is 9.27. The molecular weight excluding hydrogens is 208 g/mol. The van der Waals surface area contributed by atoms with Crippen molar-refractivity contribution in [2.45, 2.75) is 52.1 Å². The number of rotatable bonds is 2. The van der Waals surface area contributed by atoms with Crippen LogP contribution in [-0.4, -0.2) is 30.1 Å². The highest BCUT2D eigenvalue weighted by molar-refractivity contribution is 5.30. The molecule has 2 unspecified atom stereocenters. The Balaban J connectivity index is 2.08. The van der Waals surface area contributed by atoms with Crippen LogP contribution in [0.4, 0.5) is 0 Å². The molecule has 2 aliphatic rings. The first-order valence-electron chi connectivity index (χ1n) is 6.93. The number of hydrogen-bond acceptors (Lipinski definition) is 2. The Kier molecular flexibility index (Phi) is 4.05. The van der Waals surface area contributed by atoms with Gasteiger partial charge in [-0.05, 0) is 51.5 Å². The largest absolute Gasteiger partial charge is 0.327 e. The summed E-state index contributed by atoms with van der Waals surface area (Å²) >= 11 is 0. The van der Waals surface area contributed by atoms with Crippen molar-refractivity contribution in [1.82, 2.24) is 4.90 Å². The second kappa shape index (κ2) is 5.36. The Morgan fingerprint density at radius 3 is 2.76 bits per heavy atom. The number of allylic oxidation sites excluding steroid dienone is 3. The van der Waals surface area contributed by atoms with E-state index in [0.29, 0.717) is 18.0 Å². The van der Waals surface area contributed by atoms with Gasteiger partial charge >= 0.3 is 0 Å². The van der Waals surface area contributed by atoms with Crippen molar-refractivity contribution in [3.8, 4) is 0 Å². The summed E-state index contributed by atoms with van der Waals surface area (Å²) in [6, 6.07) is 0.950. The van der Waals surface area contributed by atoms with E-state index in [0.717, 1.165) is 13.0 Å². The van der Waals surface area contributed by atoms with Gasteiger partial charge in [0.15, 0.2) is 0 Å². The number of piperidine rings is 1. The highest BCUT2D eigenvalue weighted by Gasteiger charge is 2.28. The van der Waals surface area contributed by atoms with Gasteiger partial charge in [-0.25, -0.2) is 0 Å². The number of likely N-dealkylation sites (tertiary alicyclic amines) is 1. The van der Waals surface area contributed by atoms with Crippen molar-refractivity contribution < 1.29 is 0 Å². The molecule has 0 aromatic rings. The van der Waals surface area contributed by atoms with Gasteiger partial charge in [0.2, 0.25) is 0 Å². The molecule has 1 aliphatic heterocycles. The number of hydrogen-bond donors (Lipinski definition) is 1. The van der Waals surface area contributed by atoms with E-state index in [-0.39, 0.29) is 0 Å². The van der Waals surface area contributed by atoms with Crippen LogP contribution in [-0.2, 0) is 0 Å². The zero-order valence-electron chi connectivity index (χ0n) is 11.4. The van der Waals surface area contributed by atoms with Crippen LogP contribution in [0.2, 0.25) is 0 Å². The molecular formula is C15H26N2. The molecule has 17 heavy (non-hydrogen) atoms. The van der Waals surface area contributed by atoms with E-state index < -0.39 is 0 Å². The molecule has 0 radical (unpaired) electrons. The zero-order valence-corrected chi connectivity index (χ0v) is 11.4. The van der Waals surface area contributed by atoms with Gasteiger partial charge < -0.3 is 5.73 Å². The molecule has 2 nitrogen and oxygen atoms in total. The van der Waals surface area contributed by atoms with Crippen molar-refractivity contribution >= 4 is 0 Å². The molecule has 0 spiro atoms. The van der Waals surface area contributed by atoms with Crippen molar-refractivity contribution in [2.24, 2.45) is 11.7 Å². The maximum absolute atomic E-state index is 6.21. The average Bonchev–Trinajstić information content (AvgIpc) is 2.28. The first kappa shape index (κ1) is 12.8. The Labute approximate surface area is 106 Å². The summed E-state index contributed by atoms with van der Waals surface area (Å²) in [5, 5.41) is 0. The van der Waals surface area contributed by atoms with Gasteiger partial charge in [0.05, 0.1) is 0 Å². The normalized spacial score (nSPS) is 31.4. The van der Waals surface area contributed by atoms with Crippen LogP contribution in [0, 0.1) is 5.92 Å². The fraction of sp³-hybridized carbons (Fsp3) is 0.733. The molecule has 2 atom stereocenters. The zero-order chi connectivity index (χ0) is 12.4. The second-order valence-electron chi connectivity index (χ2n) is 5.97. The van der Waals surface area contributed by atoms with Gasteiger partial charge in [0.1, 0.15) is 0 Å². The van der Waals surface area contributed by atoms with Gasteiger partial charge in [0.25, 0.3) is 0 Å². The maximum atomic E-state index is 6.21. The highest BCUT2D eigenvalue weighted by atomic mass is 15.2. The van der Waals surface area contributed by atoms with Crippen LogP contribution in [0.15, 0.2) is 23.3 Å². The maximum Gasteiger partial charge on any atom is 0.0174 e. The second-order valence-corrected chi connectivity index (χ2v) is 5.97. The smallest absolute Gasteiger partial charge is 0.0174 e. The van der Waals surface area contributed by atoms with Crippen molar-refractivity contribution in [1.29, 1.82) is 0 Å². The van der Waals surface area contributed by atoms with Gasteiger partial charge in [0, 0.05) is 25.2 Å². The van der Waals surface area contributed by atoms with E-state index >= 15 is 0 Å². The predicted molar refractivity (Wildman–Crippen MR) is 73.9 cm³/mol. The minimum absolute atomic E-state index is 0.340. The van der Waals surface area contributed by atoms with Crippen LogP contribution in [0.1, 0.15) is 40.0 Å². The molecule has 1 fully saturated rings. The predicted octanol–water partition coefficient (Wildman–Crippen LogP) is 2.71. The SMILES string of the molecule is CC1=CC(C2CC(N)CN(C(C)C)C2)=CCC1. The highest BCUT2D eigenvalue weighted by Crippen LogP contribution is 2.29. The Morgan fingerprint density at radius 2 is 2.12 bits per heavy atom. The van der Waals surface area contributed by atoms with E-state index in [1.54, 1.807) is 0 Å². The van der Waals surface area contributed by atoms with Gasteiger partial charge in [-0.15, -0.1) is 0 Å². The third-order valence-corrected chi connectivity index (χ3v) is 4.04. The van der Waals surface area contributed by atoms with Crippen molar-refractivity contribution in [2.75, 3.05) is 13.1 Å². The van der Waals surface area contributed by atoms with Crippen LogP contribution in [0.3, 0.4) is 0 Å². The average molecular weight is 234 g/mol. The van der Waals surface area contributed by atoms with Crippen molar-refractivity contribution in [3.63, 3.8) is 0 Å². The monoisotopic (exact) mass is 234 g/mol. The van der Waals surface area contributed by atoms with E-state index in [1.165, 1.54) is 30.5 Å².